The van der Waals surface area contributed by atoms with Gasteiger partial charge in [0.1, 0.15) is 0 Å². The Hall–Kier alpha value is -1.62. The van der Waals surface area contributed by atoms with Crippen LogP contribution in [0.4, 0.5) is 0 Å². The Bertz CT molecular complexity index is 785. The molecule has 3 aromatic rings. The van der Waals surface area contributed by atoms with E-state index in [0.29, 0.717) is 27.4 Å². The Balaban J connectivity index is 1.83. The summed E-state index contributed by atoms with van der Waals surface area (Å²) in [4.78, 5) is 1.50. The standard InChI is InChI=1S/C14H9Cl3N4/c15-11-3-1-2-10(7-11)14-18-20-21(19-14)8-9-4-5-12(16)13(17)6-9/h1-7H,8H2. The molecular formula is C14H9Cl3N4. The zero-order chi connectivity index (χ0) is 14.8. The fraction of sp³-hybridized carbons (Fsp3) is 0.0714. The lowest BCUT2D eigenvalue weighted by Crippen LogP contribution is -2.04. The lowest BCUT2D eigenvalue weighted by atomic mass is 10.2. The maximum atomic E-state index is 5.99. The normalized spacial score (nSPS) is 10.8. The van der Waals surface area contributed by atoms with Crippen LogP contribution in [-0.4, -0.2) is 20.2 Å². The Kier molecular flexibility index (Phi) is 4.10. The summed E-state index contributed by atoms with van der Waals surface area (Å²) in [6.07, 6.45) is 0. The van der Waals surface area contributed by atoms with Crippen molar-refractivity contribution in [2.24, 2.45) is 0 Å². The Morgan fingerprint density at radius 1 is 0.952 bits per heavy atom. The molecule has 2 aromatic carbocycles. The summed E-state index contributed by atoms with van der Waals surface area (Å²) in [5, 5.41) is 14.0. The molecular weight excluding hydrogens is 331 g/mol. The molecule has 21 heavy (non-hydrogen) atoms. The summed E-state index contributed by atoms with van der Waals surface area (Å²) in [5.74, 6) is 0.526. The van der Waals surface area contributed by atoms with Gasteiger partial charge in [-0.15, -0.1) is 10.2 Å². The van der Waals surface area contributed by atoms with Gasteiger partial charge in [-0.2, -0.15) is 4.80 Å². The smallest absolute Gasteiger partial charge is 0.159 e. The minimum atomic E-state index is 0.463. The van der Waals surface area contributed by atoms with Gasteiger partial charge >= 0.3 is 0 Å². The van der Waals surface area contributed by atoms with Crippen LogP contribution in [0.15, 0.2) is 42.5 Å². The number of rotatable bonds is 3. The minimum absolute atomic E-state index is 0.463. The molecule has 0 amide bonds. The predicted molar refractivity (Wildman–Crippen MR) is 83.8 cm³/mol. The maximum Gasteiger partial charge on any atom is 0.204 e. The molecule has 0 spiro atoms. The molecule has 106 valence electrons. The molecule has 3 rings (SSSR count). The van der Waals surface area contributed by atoms with Crippen LogP contribution in [0.3, 0.4) is 0 Å². The number of hydrogen-bond acceptors (Lipinski definition) is 3. The van der Waals surface area contributed by atoms with E-state index in [4.69, 9.17) is 34.8 Å². The van der Waals surface area contributed by atoms with Crippen LogP contribution in [0.1, 0.15) is 5.56 Å². The van der Waals surface area contributed by atoms with Crippen molar-refractivity contribution < 1.29 is 0 Å². The fourth-order valence-electron chi connectivity index (χ4n) is 1.85. The van der Waals surface area contributed by atoms with Crippen molar-refractivity contribution in [2.45, 2.75) is 6.54 Å². The van der Waals surface area contributed by atoms with Crippen molar-refractivity contribution in [2.75, 3.05) is 0 Å². The third kappa shape index (κ3) is 3.35. The van der Waals surface area contributed by atoms with Gasteiger partial charge in [-0.25, -0.2) is 0 Å². The van der Waals surface area contributed by atoms with E-state index in [1.165, 1.54) is 4.80 Å². The van der Waals surface area contributed by atoms with E-state index in [2.05, 4.69) is 15.4 Å². The molecule has 1 heterocycles. The summed E-state index contributed by atoms with van der Waals surface area (Å²) in [6.45, 7) is 0.463. The molecule has 0 fully saturated rings. The summed E-state index contributed by atoms with van der Waals surface area (Å²) >= 11 is 17.8. The number of tetrazole rings is 1. The molecule has 0 aliphatic heterocycles. The van der Waals surface area contributed by atoms with Crippen molar-refractivity contribution in [1.82, 2.24) is 20.2 Å². The number of halogens is 3. The number of benzene rings is 2. The maximum absolute atomic E-state index is 5.99. The highest BCUT2D eigenvalue weighted by Gasteiger charge is 2.07. The van der Waals surface area contributed by atoms with Crippen LogP contribution >= 0.6 is 34.8 Å². The van der Waals surface area contributed by atoms with Gasteiger partial charge in [0.05, 0.1) is 16.6 Å². The van der Waals surface area contributed by atoms with Gasteiger partial charge in [0.15, 0.2) is 0 Å². The first-order chi connectivity index (χ1) is 10.1. The van der Waals surface area contributed by atoms with E-state index in [1.54, 1.807) is 24.3 Å². The molecule has 0 aliphatic rings. The van der Waals surface area contributed by atoms with Crippen LogP contribution in [0.5, 0.6) is 0 Å². The largest absolute Gasteiger partial charge is 0.204 e. The van der Waals surface area contributed by atoms with Gasteiger partial charge in [0, 0.05) is 10.6 Å². The fourth-order valence-corrected chi connectivity index (χ4v) is 2.37. The number of hydrogen-bond donors (Lipinski definition) is 0. The third-order valence-corrected chi connectivity index (χ3v) is 3.82. The zero-order valence-corrected chi connectivity index (χ0v) is 12.9. The van der Waals surface area contributed by atoms with Crippen LogP contribution < -0.4 is 0 Å². The predicted octanol–water partition coefficient (Wildman–Crippen LogP) is 4.35. The zero-order valence-electron chi connectivity index (χ0n) is 10.7. The van der Waals surface area contributed by atoms with Crippen LogP contribution in [0.25, 0.3) is 11.4 Å². The molecule has 0 saturated heterocycles. The van der Waals surface area contributed by atoms with Crippen molar-refractivity contribution >= 4 is 34.8 Å². The second-order valence-corrected chi connectivity index (χ2v) is 5.65. The average molecular weight is 340 g/mol. The summed E-state index contributed by atoms with van der Waals surface area (Å²) < 4.78 is 0. The van der Waals surface area contributed by atoms with E-state index < -0.39 is 0 Å². The highest BCUT2D eigenvalue weighted by molar-refractivity contribution is 6.42. The summed E-state index contributed by atoms with van der Waals surface area (Å²) in [7, 11) is 0. The number of nitrogens with zero attached hydrogens (tertiary/aromatic N) is 4. The van der Waals surface area contributed by atoms with Crippen molar-refractivity contribution in [3.05, 3.63) is 63.1 Å². The Labute approximate surface area is 136 Å². The molecule has 0 atom stereocenters. The Morgan fingerprint density at radius 3 is 2.57 bits per heavy atom. The third-order valence-electron chi connectivity index (χ3n) is 2.84. The first kappa shape index (κ1) is 14.3. The second kappa shape index (κ2) is 6.02. The van der Waals surface area contributed by atoms with Gasteiger partial charge < -0.3 is 0 Å². The average Bonchev–Trinajstić information content (AvgIpc) is 2.91. The molecule has 1 aromatic heterocycles. The van der Waals surface area contributed by atoms with Crippen molar-refractivity contribution in [3.63, 3.8) is 0 Å². The van der Waals surface area contributed by atoms with E-state index in [0.717, 1.165) is 11.1 Å². The van der Waals surface area contributed by atoms with E-state index in [9.17, 15) is 0 Å². The lowest BCUT2D eigenvalue weighted by Gasteiger charge is -2.01. The molecule has 0 N–H and O–H groups in total. The van der Waals surface area contributed by atoms with Crippen molar-refractivity contribution in [1.29, 1.82) is 0 Å². The van der Waals surface area contributed by atoms with Gasteiger partial charge in [0.2, 0.25) is 5.82 Å². The molecule has 0 aliphatic carbocycles. The molecule has 7 heteroatoms. The molecule has 0 unspecified atom stereocenters. The number of aromatic nitrogens is 4. The van der Waals surface area contributed by atoms with Gasteiger partial charge in [-0.1, -0.05) is 53.0 Å². The Morgan fingerprint density at radius 2 is 1.81 bits per heavy atom. The second-order valence-electron chi connectivity index (χ2n) is 4.40. The van der Waals surface area contributed by atoms with Gasteiger partial charge in [-0.3, -0.25) is 0 Å². The summed E-state index contributed by atoms with van der Waals surface area (Å²) in [6, 6.07) is 12.7. The molecule has 0 saturated carbocycles. The highest BCUT2D eigenvalue weighted by Crippen LogP contribution is 2.23. The first-order valence-electron chi connectivity index (χ1n) is 6.09. The van der Waals surface area contributed by atoms with Gasteiger partial charge in [0.25, 0.3) is 0 Å². The molecule has 0 radical (unpaired) electrons. The monoisotopic (exact) mass is 338 g/mol. The van der Waals surface area contributed by atoms with E-state index in [1.807, 2.05) is 18.2 Å². The molecule has 4 nitrogen and oxygen atoms in total. The summed E-state index contributed by atoms with van der Waals surface area (Å²) in [5.41, 5.74) is 1.77. The topological polar surface area (TPSA) is 43.6 Å². The molecule has 0 bridgehead atoms. The van der Waals surface area contributed by atoms with Crippen LogP contribution in [-0.2, 0) is 6.54 Å². The van der Waals surface area contributed by atoms with Crippen LogP contribution in [0, 0.1) is 0 Å². The first-order valence-corrected chi connectivity index (χ1v) is 7.23. The lowest BCUT2D eigenvalue weighted by molar-refractivity contribution is 0.573. The van der Waals surface area contributed by atoms with E-state index in [-0.39, 0.29) is 0 Å². The van der Waals surface area contributed by atoms with Crippen molar-refractivity contribution in [3.8, 4) is 11.4 Å². The van der Waals surface area contributed by atoms with Gasteiger partial charge in [-0.05, 0) is 35.0 Å². The van der Waals surface area contributed by atoms with Crippen LogP contribution in [0.2, 0.25) is 15.1 Å². The highest BCUT2D eigenvalue weighted by atomic mass is 35.5. The minimum Gasteiger partial charge on any atom is -0.159 e. The quantitative estimate of drug-likeness (QED) is 0.712. The SMILES string of the molecule is Clc1cccc(-c2nnn(Cc3ccc(Cl)c(Cl)c3)n2)c1. The van der Waals surface area contributed by atoms with E-state index >= 15 is 0 Å².